The zero-order valence-corrected chi connectivity index (χ0v) is 24.2. The van der Waals surface area contributed by atoms with Gasteiger partial charge in [0, 0.05) is 45.9 Å². The van der Waals surface area contributed by atoms with Crippen LogP contribution in [0.3, 0.4) is 0 Å². The van der Waals surface area contributed by atoms with Crippen molar-refractivity contribution < 1.29 is 14.3 Å². The first-order chi connectivity index (χ1) is 18.0. The Balaban J connectivity index is 0.00000144. The molecule has 1 aromatic heterocycles. The number of hydrogen-bond acceptors (Lipinski definition) is 5. The molecule has 3 unspecified atom stereocenters. The number of Topliss-reactive ketones (excluding diaryl/α,β-unsaturated/α-hetero) is 1. The number of allylic oxidation sites excluding steroid dienone is 4. The molecule has 38 heavy (non-hydrogen) atoms. The van der Waals surface area contributed by atoms with Crippen molar-refractivity contribution in [3.05, 3.63) is 76.5 Å². The number of carbonyl (C=O) groups excluding carboxylic acids is 1. The summed E-state index contributed by atoms with van der Waals surface area (Å²) in [5, 5.41) is 9.00. The number of hydrogen-bond donors (Lipinski definition) is 1. The molecule has 2 heterocycles. The van der Waals surface area contributed by atoms with E-state index in [2.05, 4.69) is 64.2 Å². The Labute approximate surface area is 226 Å². The molecule has 3 atom stereocenters. The number of anilines is 1. The predicted molar refractivity (Wildman–Crippen MR) is 151 cm³/mol. The summed E-state index contributed by atoms with van der Waals surface area (Å²) in [6.07, 6.45) is 5.78. The summed E-state index contributed by atoms with van der Waals surface area (Å²) in [5.41, 5.74) is 4.34. The maximum Gasteiger partial charge on any atom is 0.161 e. The molecule has 0 radical (unpaired) electrons. The maximum atomic E-state index is 13.8. The van der Waals surface area contributed by atoms with Crippen molar-refractivity contribution in [3.8, 4) is 5.69 Å². The molecule has 4 aliphatic rings. The fourth-order valence-corrected chi connectivity index (χ4v) is 7.00. The van der Waals surface area contributed by atoms with Gasteiger partial charge in [0.25, 0.3) is 0 Å². The average molecular weight is 516 g/mol. The normalized spacial score (nSPS) is 27.9. The average Bonchev–Trinajstić information content (AvgIpc) is 3.28. The number of nitrogens with zero attached hydrogens (tertiary/aromatic N) is 2. The molecular formula is C32H41N3O3. The monoisotopic (exact) mass is 515 g/mol. The minimum atomic E-state index is -0.353. The van der Waals surface area contributed by atoms with Crippen molar-refractivity contribution in [1.82, 2.24) is 9.78 Å². The second kappa shape index (κ2) is 8.89. The lowest BCUT2D eigenvalue weighted by molar-refractivity contribution is -0.118. The van der Waals surface area contributed by atoms with Gasteiger partial charge >= 0.3 is 0 Å². The highest BCUT2D eigenvalue weighted by molar-refractivity contribution is 6.01. The molecular weight excluding hydrogens is 474 g/mol. The summed E-state index contributed by atoms with van der Waals surface area (Å²) in [6.45, 7) is 15.2. The van der Waals surface area contributed by atoms with Crippen LogP contribution >= 0.6 is 0 Å². The summed E-state index contributed by atoms with van der Waals surface area (Å²) < 4.78 is 13.6. The number of rotatable bonds is 3. The molecule has 0 amide bonds. The summed E-state index contributed by atoms with van der Waals surface area (Å²) in [7, 11) is 3.37. The lowest BCUT2D eigenvalue weighted by Gasteiger charge is -2.56. The lowest BCUT2D eigenvalue weighted by Crippen LogP contribution is -2.52. The molecule has 0 saturated carbocycles. The van der Waals surface area contributed by atoms with Crippen LogP contribution in [-0.4, -0.2) is 29.8 Å². The number of benzene rings is 1. The Morgan fingerprint density at radius 1 is 0.974 bits per heavy atom. The summed E-state index contributed by atoms with van der Waals surface area (Å²) in [5.74, 6) is 2.58. The Morgan fingerprint density at radius 3 is 2.26 bits per heavy atom. The largest absolute Gasteiger partial charge is 0.493 e. The van der Waals surface area contributed by atoms with Crippen LogP contribution in [-0.2, 0) is 19.7 Å². The second-order valence-electron chi connectivity index (χ2n) is 12.2. The van der Waals surface area contributed by atoms with E-state index in [4.69, 9.17) is 14.6 Å². The zero-order chi connectivity index (χ0) is 27.6. The van der Waals surface area contributed by atoms with Gasteiger partial charge in [-0.05, 0) is 36.1 Å². The molecule has 3 aliphatic carbocycles. The Hall–Kier alpha value is -3.28. The van der Waals surface area contributed by atoms with Crippen molar-refractivity contribution in [3.63, 3.8) is 0 Å². The summed E-state index contributed by atoms with van der Waals surface area (Å²) >= 11 is 0. The highest BCUT2D eigenvalue weighted by Gasteiger charge is 2.61. The molecule has 0 spiro atoms. The molecule has 1 aromatic carbocycles. The first-order valence-corrected chi connectivity index (χ1v) is 13.8. The first-order valence-electron chi connectivity index (χ1n) is 13.8. The third kappa shape index (κ3) is 3.52. The van der Waals surface area contributed by atoms with E-state index >= 15 is 0 Å². The van der Waals surface area contributed by atoms with E-state index < -0.39 is 0 Å². The fourth-order valence-electron chi connectivity index (χ4n) is 7.00. The van der Waals surface area contributed by atoms with E-state index in [9.17, 15) is 4.79 Å². The van der Waals surface area contributed by atoms with Crippen molar-refractivity contribution in [2.24, 2.45) is 16.7 Å². The van der Waals surface area contributed by atoms with Gasteiger partial charge in [0.05, 0.1) is 25.6 Å². The molecule has 1 aliphatic heterocycles. The molecule has 202 valence electrons. The fraction of sp³-hybridized carbons (Fsp3) is 0.500. The van der Waals surface area contributed by atoms with Crippen LogP contribution in [0.5, 0.6) is 0 Å². The molecule has 6 heteroatoms. The number of para-hydroxylation sites is 1. The van der Waals surface area contributed by atoms with E-state index in [0.29, 0.717) is 6.42 Å². The smallest absolute Gasteiger partial charge is 0.161 e. The quantitative estimate of drug-likeness (QED) is 0.475. The van der Waals surface area contributed by atoms with E-state index in [1.807, 2.05) is 36.7 Å². The molecule has 1 N–H and O–H groups in total. The van der Waals surface area contributed by atoms with Crippen molar-refractivity contribution in [2.45, 2.75) is 72.6 Å². The molecule has 2 aromatic rings. The third-order valence-electron chi connectivity index (χ3n) is 9.17. The molecule has 0 saturated heterocycles. The van der Waals surface area contributed by atoms with Crippen LogP contribution in [0.15, 0.2) is 65.3 Å². The van der Waals surface area contributed by atoms with Gasteiger partial charge in [-0.25, -0.2) is 4.68 Å². The molecule has 6 rings (SSSR count). The number of ether oxygens (including phenoxy) is 2. The first kappa shape index (κ1) is 26.3. The summed E-state index contributed by atoms with van der Waals surface area (Å²) in [4.78, 5) is 13.8. The number of ketones is 1. The van der Waals surface area contributed by atoms with E-state index in [1.165, 1.54) is 0 Å². The van der Waals surface area contributed by atoms with Gasteiger partial charge in [-0.15, -0.1) is 0 Å². The second-order valence-corrected chi connectivity index (χ2v) is 12.2. The molecule has 6 nitrogen and oxygen atoms in total. The molecule has 0 bridgehead atoms. The van der Waals surface area contributed by atoms with Gasteiger partial charge in [0.15, 0.2) is 17.3 Å². The van der Waals surface area contributed by atoms with Crippen LogP contribution in [0.25, 0.3) is 5.69 Å². The Bertz CT molecular complexity index is 1380. The Morgan fingerprint density at radius 2 is 1.63 bits per heavy atom. The highest BCUT2D eigenvalue weighted by Crippen LogP contribution is 2.65. The van der Waals surface area contributed by atoms with Crippen LogP contribution in [0.2, 0.25) is 0 Å². The van der Waals surface area contributed by atoms with Crippen LogP contribution < -0.4 is 5.32 Å². The number of carbonyl (C=O) groups is 1. The predicted octanol–water partition coefficient (Wildman–Crippen LogP) is 7.04. The van der Waals surface area contributed by atoms with Crippen molar-refractivity contribution in [1.29, 1.82) is 0 Å². The van der Waals surface area contributed by atoms with E-state index in [-0.39, 0.29) is 33.9 Å². The van der Waals surface area contributed by atoms with Gasteiger partial charge in [-0.2, -0.15) is 5.10 Å². The number of methoxy groups -OCH3 is 2. The number of aromatic nitrogens is 2. The van der Waals surface area contributed by atoms with Gasteiger partial charge < -0.3 is 14.8 Å². The zero-order valence-electron chi connectivity index (χ0n) is 24.2. The minimum Gasteiger partial charge on any atom is -0.493 e. The van der Waals surface area contributed by atoms with Gasteiger partial charge in [-0.3, -0.25) is 4.79 Å². The highest BCUT2D eigenvalue weighted by atomic mass is 16.5. The SMILES string of the molecule is CC.COC1=CC2C3C4=C(CC(C)(C)CC4=O)Nc4c3c(nn4-c3ccccc3)C(C)(C)C2(C)C=C1OC. The van der Waals surface area contributed by atoms with Crippen molar-refractivity contribution in [2.75, 3.05) is 19.5 Å². The van der Waals surface area contributed by atoms with E-state index in [0.717, 1.165) is 52.0 Å². The Kier molecular flexibility index (Phi) is 6.16. The van der Waals surface area contributed by atoms with Gasteiger partial charge in [-0.1, -0.05) is 66.7 Å². The van der Waals surface area contributed by atoms with Crippen LogP contribution in [0, 0.1) is 16.7 Å². The van der Waals surface area contributed by atoms with Gasteiger partial charge in [0.2, 0.25) is 0 Å². The molecule has 0 fully saturated rings. The van der Waals surface area contributed by atoms with Gasteiger partial charge in [0.1, 0.15) is 5.82 Å². The van der Waals surface area contributed by atoms with Crippen molar-refractivity contribution >= 4 is 11.6 Å². The topological polar surface area (TPSA) is 65.4 Å². The van der Waals surface area contributed by atoms with E-state index in [1.54, 1.807) is 14.2 Å². The number of nitrogens with one attached hydrogen (secondary N) is 1. The number of fused-ring (bicyclic) bond motifs is 3. The minimum absolute atomic E-state index is 0.0123. The standard InChI is InChI=1S/C30H35N3O3.C2H6/c1-28(2)14-19-24(20(34)15-28)23-18-13-21(35-6)22(36-7)16-30(18,5)29(3,4)26-25(23)27(31-19)33(32-26)17-11-9-8-10-12-17;1-2/h8-13,16,18,23,31H,14-15H2,1-7H3;1-2H3. The summed E-state index contributed by atoms with van der Waals surface area (Å²) in [6, 6.07) is 10.3. The lowest BCUT2D eigenvalue weighted by atomic mass is 9.47. The third-order valence-corrected chi connectivity index (χ3v) is 9.17. The maximum absolute atomic E-state index is 13.8. The van der Waals surface area contributed by atoms with Crippen LogP contribution in [0.1, 0.15) is 78.5 Å². The van der Waals surface area contributed by atoms with Crippen LogP contribution in [0.4, 0.5) is 5.82 Å².